The normalized spacial score (nSPS) is 10.0. The van der Waals surface area contributed by atoms with Crippen molar-refractivity contribution in [1.29, 1.82) is 5.26 Å². The molecular formula is C18H20N2O3. The molecule has 0 aliphatic heterocycles. The number of hydrogen-bond acceptors (Lipinski definition) is 5. The van der Waals surface area contributed by atoms with E-state index in [1.54, 1.807) is 21.3 Å². The molecule has 5 nitrogen and oxygen atoms in total. The first-order chi connectivity index (χ1) is 11.2. The van der Waals surface area contributed by atoms with Crippen LogP contribution in [0.3, 0.4) is 0 Å². The highest BCUT2D eigenvalue weighted by molar-refractivity contribution is 5.53. The van der Waals surface area contributed by atoms with Gasteiger partial charge in [-0.1, -0.05) is 12.1 Å². The van der Waals surface area contributed by atoms with Crippen molar-refractivity contribution in [3.63, 3.8) is 0 Å². The van der Waals surface area contributed by atoms with Crippen molar-refractivity contribution >= 4 is 0 Å². The van der Waals surface area contributed by atoms with Crippen LogP contribution in [0.25, 0.3) is 0 Å². The fourth-order valence-corrected chi connectivity index (χ4v) is 2.29. The van der Waals surface area contributed by atoms with E-state index in [1.807, 2.05) is 36.4 Å². The van der Waals surface area contributed by atoms with Gasteiger partial charge < -0.3 is 19.5 Å². The summed E-state index contributed by atoms with van der Waals surface area (Å²) in [5.41, 5.74) is 2.82. The maximum absolute atomic E-state index is 8.80. The highest BCUT2D eigenvalue weighted by Crippen LogP contribution is 2.38. The fourth-order valence-electron chi connectivity index (χ4n) is 2.29. The van der Waals surface area contributed by atoms with E-state index in [0.717, 1.165) is 11.1 Å². The molecule has 0 fully saturated rings. The largest absolute Gasteiger partial charge is 0.493 e. The lowest BCUT2D eigenvalue weighted by Crippen LogP contribution is -2.13. The molecule has 0 unspecified atom stereocenters. The minimum atomic E-state index is 0.589. The van der Waals surface area contributed by atoms with Crippen LogP contribution in [0.5, 0.6) is 17.2 Å². The second-order valence-corrected chi connectivity index (χ2v) is 4.95. The van der Waals surface area contributed by atoms with E-state index in [4.69, 9.17) is 19.5 Å². The third kappa shape index (κ3) is 4.15. The Kier molecular flexibility index (Phi) is 5.84. The maximum atomic E-state index is 8.80. The van der Waals surface area contributed by atoms with Crippen molar-refractivity contribution in [3.05, 3.63) is 53.1 Å². The molecule has 0 atom stereocenters. The van der Waals surface area contributed by atoms with Crippen LogP contribution >= 0.6 is 0 Å². The van der Waals surface area contributed by atoms with E-state index in [2.05, 4.69) is 11.4 Å². The maximum Gasteiger partial charge on any atom is 0.203 e. The van der Waals surface area contributed by atoms with Gasteiger partial charge in [-0.05, 0) is 35.4 Å². The molecule has 2 rings (SSSR count). The molecular weight excluding hydrogens is 292 g/mol. The Balaban J connectivity index is 2.03. The van der Waals surface area contributed by atoms with Crippen molar-refractivity contribution in [2.75, 3.05) is 21.3 Å². The first-order valence-electron chi connectivity index (χ1n) is 7.20. The van der Waals surface area contributed by atoms with Crippen molar-refractivity contribution in [2.45, 2.75) is 13.1 Å². The lowest BCUT2D eigenvalue weighted by molar-refractivity contribution is 0.323. The SMILES string of the molecule is COc1cc(CNCc2ccc(C#N)cc2)cc(OC)c1OC. The van der Waals surface area contributed by atoms with Crippen molar-refractivity contribution in [3.8, 4) is 23.3 Å². The van der Waals surface area contributed by atoms with Crippen molar-refractivity contribution in [1.82, 2.24) is 5.32 Å². The Hall–Kier alpha value is -2.71. The van der Waals surface area contributed by atoms with Gasteiger partial charge in [-0.2, -0.15) is 5.26 Å². The molecule has 5 heteroatoms. The molecule has 0 aromatic heterocycles. The third-order valence-corrected chi connectivity index (χ3v) is 3.47. The Bertz CT molecular complexity index is 665. The van der Waals surface area contributed by atoms with Gasteiger partial charge in [0, 0.05) is 13.1 Å². The summed E-state index contributed by atoms with van der Waals surface area (Å²) in [6, 6.07) is 13.5. The summed E-state index contributed by atoms with van der Waals surface area (Å²) in [6.07, 6.45) is 0. The summed E-state index contributed by atoms with van der Waals surface area (Å²) < 4.78 is 16.0. The minimum Gasteiger partial charge on any atom is -0.493 e. The number of ether oxygens (including phenoxy) is 3. The highest BCUT2D eigenvalue weighted by Gasteiger charge is 2.12. The Labute approximate surface area is 136 Å². The van der Waals surface area contributed by atoms with Crippen LogP contribution in [0.2, 0.25) is 0 Å². The van der Waals surface area contributed by atoms with Crippen LogP contribution in [0, 0.1) is 11.3 Å². The van der Waals surface area contributed by atoms with Crippen molar-refractivity contribution < 1.29 is 14.2 Å². The van der Waals surface area contributed by atoms with E-state index < -0.39 is 0 Å². The summed E-state index contributed by atoms with van der Waals surface area (Å²) in [4.78, 5) is 0. The predicted octanol–water partition coefficient (Wildman–Crippen LogP) is 2.87. The molecule has 0 spiro atoms. The van der Waals surface area contributed by atoms with Crippen LogP contribution in [-0.4, -0.2) is 21.3 Å². The average molecular weight is 312 g/mol. The summed E-state index contributed by atoms with van der Waals surface area (Å²) in [6.45, 7) is 1.37. The third-order valence-electron chi connectivity index (χ3n) is 3.47. The number of benzene rings is 2. The van der Waals surface area contributed by atoms with E-state index in [0.29, 0.717) is 35.9 Å². The van der Waals surface area contributed by atoms with Crippen LogP contribution in [-0.2, 0) is 13.1 Å². The molecule has 0 saturated heterocycles. The Morgan fingerprint density at radius 2 is 1.43 bits per heavy atom. The molecule has 2 aromatic carbocycles. The molecule has 0 aliphatic carbocycles. The van der Waals surface area contributed by atoms with Gasteiger partial charge in [-0.3, -0.25) is 0 Å². The molecule has 0 aliphatic rings. The molecule has 2 aromatic rings. The molecule has 0 radical (unpaired) electrons. The molecule has 0 heterocycles. The number of hydrogen-bond donors (Lipinski definition) is 1. The van der Waals surface area contributed by atoms with Crippen molar-refractivity contribution in [2.24, 2.45) is 0 Å². The summed E-state index contributed by atoms with van der Waals surface area (Å²) in [7, 11) is 4.79. The summed E-state index contributed by atoms with van der Waals surface area (Å²) >= 11 is 0. The molecule has 0 saturated carbocycles. The Morgan fingerprint density at radius 1 is 0.870 bits per heavy atom. The van der Waals surface area contributed by atoms with E-state index in [1.165, 1.54) is 0 Å². The first-order valence-corrected chi connectivity index (χ1v) is 7.20. The second kappa shape index (κ2) is 8.06. The smallest absolute Gasteiger partial charge is 0.203 e. The van der Waals surface area contributed by atoms with Gasteiger partial charge in [0.15, 0.2) is 11.5 Å². The van der Waals surface area contributed by atoms with E-state index in [-0.39, 0.29) is 0 Å². The number of nitriles is 1. The number of rotatable bonds is 7. The first kappa shape index (κ1) is 16.7. The standard InChI is InChI=1S/C18H20N2O3/c1-21-16-8-15(9-17(22-2)18(16)23-3)12-20-11-14-6-4-13(10-19)5-7-14/h4-9,20H,11-12H2,1-3H3. The fraction of sp³-hybridized carbons (Fsp3) is 0.278. The molecule has 23 heavy (non-hydrogen) atoms. The van der Waals surface area contributed by atoms with Crippen LogP contribution in [0.4, 0.5) is 0 Å². The summed E-state index contributed by atoms with van der Waals surface area (Å²) in [5.74, 6) is 1.87. The van der Waals surface area contributed by atoms with Gasteiger partial charge in [0.05, 0.1) is 33.0 Å². The molecule has 0 amide bonds. The highest BCUT2D eigenvalue weighted by atomic mass is 16.5. The van der Waals surface area contributed by atoms with Gasteiger partial charge in [-0.15, -0.1) is 0 Å². The van der Waals surface area contributed by atoms with Gasteiger partial charge in [0.1, 0.15) is 0 Å². The Morgan fingerprint density at radius 3 is 1.91 bits per heavy atom. The van der Waals surface area contributed by atoms with Crippen LogP contribution < -0.4 is 19.5 Å². The molecule has 0 bridgehead atoms. The number of methoxy groups -OCH3 is 3. The van der Waals surface area contributed by atoms with Gasteiger partial charge >= 0.3 is 0 Å². The van der Waals surface area contributed by atoms with E-state index >= 15 is 0 Å². The zero-order chi connectivity index (χ0) is 16.7. The minimum absolute atomic E-state index is 0.589. The number of nitrogens with zero attached hydrogens (tertiary/aromatic N) is 1. The van der Waals surface area contributed by atoms with Gasteiger partial charge in [0.2, 0.25) is 5.75 Å². The zero-order valence-electron chi connectivity index (χ0n) is 13.6. The lowest BCUT2D eigenvalue weighted by Gasteiger charge is -2.14. The lowest BCUT2D eigenvalue weighted by atomic mass is 10.1. The quantitative estimate of drug-likeness (QED) is 0.851. The van der Waals surface area contributed by atoms with Gasteiger partial charge in [0.25, 0.3) is 0 Å². The second-order valence-electron chi connectivity index (χ2n) is 4.95. The van der Waals surface area contributed by atoms with Crippen LogP contribution in [0.1, 0.15) is 16.7 Å². The topological polar surface area (TPSA) is 63.5 Å². The average Bonchev–Trinajstić information content (AvgIpc) is 2.61. The summed E-state index contributed by atoms with van der Waals surface area (Å²) in [5, 5.41) is 12.2. The van der Waals surface area contributed by atoms with Gasteiger partial charge in [-0.25, -0.2) is 0 Å². The van der Waals surface area contributed by atoms with Crippen LogP contribution in [0.15, 0.2) is 36.4 Å². The molecule has 1 N–H and O–H groups in total. The van der Waals surface area contributed by atoms with E-state index in [9.17, 15) is 0 Å². The number of nitrogens with one attached hydrogen (secondary N) is 1. The predicted molar refractivity (Wildman–Crippen MR) is 87.8 cm³/mol. The monoisotopic (exact) mass is 312 g/mol. The molecule has 120 valence electrons. The zero-order valence-corrected chi connectivity index (χ0v) is 13.6.